The van der Waals surface area contributed by atoms with E-state index in [1.165, 1.54) is 23.9 Å². The smallest absolute Gasteiger partial charge is 0.244 e. The monoisotopic (exact) mass is 420 g/mol. The number of carbonyl (C=O) groups excluding carboxylic acids is 1. The third-order valence-corrected chi connectivity index (χ3v) is 5.58. The van der Waals surface area contributed by atoms with Gasteiger partial charge in [0.15, 0.2) is 10.8 Å². The van der Waals surface area contributed by atoms with Crippen LogP contribution in [0.25, 0.3) is 11.2 Å². The Kier molecular flexibility index (Phi) is 5.81. The number of amides is 1. The first-order valence-electron chi connectivity index (χ1n) is 9.54. The van der Waals surface area contributed by atoms with Crippen LogP contribution in [-0.4, -0.2) is 20.4 Å². The lowest BCUT2D eigenvalue weighted by Crippen LogP contribution is -2.19. The predicted molar refractivity (Wildman–Crippen MR) is 118 cm³/mol. The van der Waals surface area contributed by atoms with Gasteiger partial charge < -0.3 is 5.32 Å². The molecule has 0 aliphatic heterocycles. The molecule has 152 valence electrons. The molecule has 0 aliphatic rings. The van der Waals surface area contributed by atoms with E-state index in [4.69, 9.17) is 0 Å². The molecule has 2 aromatic heterocycles. The van der Waals surface area contributed by atoms with E-state index >= 15 is 0 Å². The van der Waals surface area contributed by atoms with Gasteiger partial charge in [-0.05, 0) is 66.9 Å². The summed E-state index contributed by atoms with van der Waals surface area (Å²) in [4.78, 5) is 21.8. The van der Waals surface area contributed by atoms with Crippen LogP contribution in [0.5, 0.6) is 0 Å². The SMILES string of the molecule is Cc1cc(C)cc(NC(=O)Cn2c(SCc3cccc(F)c3)nc3cccnc32)c1. The van der Waals surface area contributed by atoms with Gasteiger partial charge in [-0.15, -0.1) is 0 Å². The van der Waals surface area contributed by atoms with Gasteiger partial charge in [-0.3, -0.25) is 9.36 Å². The van der Waals surface area contributed by atoms with Crippen molar-refractivity contribution in [3.8, 4) is 0 Å². The summed E-state index contributed by atoms with van der Waals surface area (Å²) >= 11 is 1.45. The van der Waals surface area contributed by atoms with Crippen LogP contribution in [0, 0.1) is 19.7 Å². The number of imidazole rings is 1. The number of hydrogen-bond donors (Lipinski definition) is 1. The molecule has 0 unspecified atom stereocenters. The fourth-order valence-corrected chi connectivity index (χ4v) is 4.30. The molecule has 0 saturated heterocycles. The Morgan fingerprint density at radius 3 is 2.67 bits per heavy atom. The number of benzene rings is 2. The molecule has 2 heterocycles. The number of pyridine rings is 1. The number of carbonyl (C=O) groups is 1. The van der Waals surface area contributed by atoms with Gasteiger partial charge in [-0.25, -0.2) is 14.4 Å². The van der Waals surface area contributed by atoms with E-state index in [0.717, 1.165) is 27.9 Å². The summed E-state index contributed by atoms with van der Waals surface area (Å²) in [6.07, 6.45) is 1.68. The van der Waals surface area contributed by atoms with Crippen molar-refractivity contribution in [1.82, 2.24) is 14.5 Å². The van der Waals surface area contributed by atoms with Crippen molar-refractivity contribution in [2.24, 2.45) is 0 Å². The third kappa shape index (κ3) is 4.68. The van der Waals surface area contributed by atoms with Gasteiger partial charge in [0.2, 0.25) is 5.91 Å². The number of thioether (sulfide) groups is 1. The summed E-state index contributed by atoms with van der Waals surface area (Å²) in [6.45, 7) is 4.08. The number of nitrogens with zero attached hydrogens (tertiary/aromatic N) is 3. The van der Waals surface area contributed by atoms with Crippen molar-refractivity contribution in [3.05, 3.63) is 83.3 Å². The first-order valence-corrected chi connectivity index (χ1v) is 10.5. The maximum atomic E-state index is 13.5. The molecule has 0 bridgehead atoms. The highest BCUT2D eigenvalue weighted by atomic mass is 32.2. The molecule has 7 heteroatoms. The van der Waals surface area contributed by atoms with Crippen molar-refractivity contribution in [1.29, 1.82) is 0 Å². The summed E-state index contributed by atoms with van der Waals surface area (Å²) in [5.74, 6) is 0.119. The normalized spacial score (nSPS) is 11.0. The largest absolute Gasteiger partial charge is 0.325 e. The molecule has 0 aliphatic carbocycles. The number of nitrogens with one attached hydrogen (secondary N) is 1. The molecular weight excluding hydrogens is 399 g/mol. The van der Waals surface area contributed by atoms with Crippen LogP contribution in [0.15, 0.2) is 66.0 Å². The molecule has 2 aromatic carbocycles. The van der Waals surface area contributed by atoms with Gasteiger partial charge in [-0.2, -0.15) is 0 Å². The Balaban J connectivity index is 1.57. The van der Waals surface area contributed by atoms with Crippen LogP contribution in [0.1, 0.15) is 16.7 Å². The molecule has 0 spiro atoms. The van der Waals surface area contributed by atoms with Crippen LogP contribution in [0.4, 0.5) is 10.1 Å². The Morgan fingerprint density at radius 1 is 1.10 bits per heavy atom. The molecule has 5 nitrogen and oxygen atoms in total. The average Bonchev–Trinajstić information content (AvgIpc) is 3.03. The zero-order chi connectivity index (χ0) is 21.1. The van der Waals surface area contributed by atoms with E-state index in [1.54, 1.807) is 16.8 Å². The van der Waals surface area contributed by atoms with Crippen molar-refractivity contribution >= 4 is 34.5 Å². The standard InChI is InChI=1S/C23H21FN4OS/c1-15-9-16(2)11-19(10-15)26-21(29)13-28-22-20(7-4-8-25-22)27-23(28)30-14-17-5-3-6-18(24)12-17/h3-12H,13-14H2,1-2H3,(H,26,29). The lowest BCUT2D eigenvalue weighted by atomic mass is 10.1. The van der Waals surface area contributed by atoms with Gasteiger partial charge in [0.25, 0.3) is 0 Å². The summed E-state index contributed by atoms with van der Waals surface area (Å²) in [5, 5.41) is 3.63. The van der Waals surface area contributed by atoms with Crippen molar-refractivity contribution < 1.29 is 9.18 Å². The fraction of sp³-hybridized carbons (Fsp3) is 0.174. The van der Waals surface area contributed by atoms with Gasteiger partial charge in [0, 0.05) is 17.6 Å². The minimum absolute atomic E-state index is 0.0893. The minimum Gasteiger partial charge on any atom is -0.325 e. The van der Waals surface area contributed by atoms with E-state index in [0.29, 0.717) is 16.6 Å². The fourth-order valence-electron chi connectivity index (χ4n) is 3.36. The topological polar surface area (TPSA) is 59.8 Å². The van der Waals surface area contributed by atoms with Crippen molar-refractivity contribution in [3.63, 3.8) is 0 Å². The predicted octanol–water partition coefficient (Wildman–Crippen LogP) is 5.12. The molecule has 1 N–H and O–H groups in total. The van der Waals surface area contributed by atoms with Crippen molar-refractivity contribution in [2.75, 3.05) is 5.32 Å². The Labute approximate surface area is 178 Å². The van der Waals surface area contributed by atoms with Crippen LogP contribution in [0.3, 0.4) is 0 Å². The zero-order valence-electron chi connectivity index (χ0n) is 16.7. The average molecular weight is 421 g/mol. The van der Waals surface area contributed by atoms with Crippen LogP contribution in [-0.2, 0) is 17.1 Å². The zero-order valence-corrected chi connectivity index (χ0v) is 17.5. The molecule has 4 rings (SSSR count). The van der Waals surface area contributed by atoms with E-state index in [9.17, 15) is 9.18 Å². The third-order valence-electron chi connectivity index (χ3n) is 4.53. The molecule has 4 aromatic rings. The maximum Gasteiger partial charge on any atom is 0.244 e. The second-order valence-corrected chi connectivity index (χ2v) is 8.11. The first kappa shape index (κ1) is 20.1. The summed E-state index contributed by atoms with van der Waals surface area (Å²) in [6, 6.07) is 16.1. The molecule has 0 radical (unpaired) electrons. The Morgan fingerprint density at radius 2 is 1.90 bits per heavy atom. The van der Waals surface area contributed by atoms with Crippen LogP contribution < -0.4 is 5.32 Å². The van der Waals surface area contributed by atoms with Crippen LogP contribution >= 0.6 is 11.8 Å². The molecular formula is C23H21FN4OS. The highest BCUT2D eigenvalue weighted by Gasteiger charge is 2.16. The lowest BCUT2D eigenvalue weighted by Gasteiger charge is -2.10. The second kappa shape index (κ2) is 8.67. The number of aryl methyl sites for hydroxylation is 2. The number of halogens is 1. The van der Waals surface area contributed by atoms with E-state index in [-0.39, 0.29) is 18.3 Å². The number of anilines is 1. The number of aromatic nitrogens is 3. The lowest BCUT2D eigenvalue weighted by molar-refractivity contribution is -0.116. The number of rotatable bonds is 6. The quantitative estimate of drug-likeness (QED) is 0.440. The van der Waals surface area contributed by atoms with Crippen LogP contribution in [0.2, 0.25) is 0 Å². The molecule has 0 saturated carbocycles. The van der Waals surface area contributed by atoms with Gasteiger partial charge >= 0.3 is 0 Å². The molecule has 30 heavy (non-hydrogen) atoms. The Bertz CT molecular complexity index is 1200. The van der Waals surface area contributed by atoms with E-state index in [2.05, 4.69) is 21.4 Å². The van der Waals surface area contributed by atoms with E-state index < -0.39 is 0 Å². The molecule has 0 atom stereocenters. The second-order valence-electron chi connectivity index (χ2n) is 7.17. The summed E-state index contributed by atoms with van der Waals surface area (Å²) in [5.41, 5.74) is 5.17. The molecule has 1 amide bonds. The first-order chi connectivity index (χ1) is 14.5. The number of fused-ring (bicyclic) bond motifs is 1. The number of hydrogen-bond acceptors (Lipinski definition) is 4. The maximum absolute atomic E-state index is 13.5. The Hall–Kier alpha value is -3.19. The van der Waals surface area contributed by atoms with E-state index in [1.807, 2.05) is 44.2 Å². The van der Waals surface area contributed by atoms with Crippen molar-refractivity contribution in [2.45, 2.75) is 31.3 Å². The van der Waals surface area contributed by atoms with Gasteiger partial charge in [0.1, 0.15) is 17.9 Å². The highest BCUT2D eigenvalue weighted by Crippen LogP contribution is 2.26. The van der Waals surface area contributed by atoms with Gasteiger partial charge in [-0.1, -0.05) is 30.0 Å². The summed E-state index contributed by atoms with van der Waals surface area (Å²) in [7, 11) is 0. The minimum atomic E-state index is -0.268. The molecule has 0 fully saturated rings. The van der Waals surface area contributed by atoms with Gasteiger partial charge in [0.05, 0.1) is 0 Å². The highest BCUT2D eigenvalue weighted by molar-refractivity contribution is 7.98. The summed E-state index contributed by atoms with van der Waals surface area (Å²) < 4.78 is 15.3.